The van der Waals surface area contributed by atoms with Crippen LogP contribution in [0.3, 0.4) is 0 Å². The number of ketones is 1. The Morgan fingerprint density at radius 1 is 1.08 bits per heavy atom. The molecule has 2 atom stereocenters. The highest BCUT2D eigenvalue weighted by Crippen LogP contribution is 2.09. The molecule has 0 saturated heterocycles. The highest BCUT2D eigenvalue weighted by atomic mass is 16.2. The zero-order valence-corrected chi connectivity index (χ0v) is 16.1. The average Bonchev–Trinajstić information content (AvgIpc) is 2.57. The fraction of sp³-hybridized carbons (Fsp3) is 0.364. The number of carbonyl (C=O) groups excluding carboxylic acids is 2. The summed E-state index contributed by atoms with van der Waals surface area (Å²) in [5.74, 6) is -0.113. The van der Waals surface area contributed by atoms with Crippen LogP contribution in [-0.2, 0) is 22.6 Å². The zero-order valence-electron chi connectivity index (χ0n) is 16.1. The van der Waals surface area contributed by atoms with Crippen molar-refractivity contribution in [1.29, 1.82) is 0 Å². The molecule has 0 spiro atoms. The number of quaternary nitrogens is 1. The molecule has 0 aliphatic rings. The number of nitrogens with one attached hydrogen (secondary N) is 2. The van der Waals surface area contributed by atoms with Gasteiger partial charge in [0.1, 0.15) is 6.54 Å². The van der Waals surface area contributed by atoms with Gasteiger partial charge in [0.2, 0.25) is 0 Å². The highest BCUT2D eigenvalue weighted by molar-refractivity contribution is 5.88. The second-order valence-electron chi connectivity index (χ2n) is 7.16. The van der Waals surface area contributed by atoms with Crippen LogP contribution in [0.4, 0.5) is 0 Å². The van der Waals surface area contributed by atoms with Crippen LogP contribution in [0.5, 0.6) is 0 Å². The van der Waals surface area contributed by atoms with E-state index in [1.165, 1.54) is 23.6 Å². The third-order valence-corrected chi connectivity index (χ3v) is 4.56. The van der Waals surface area contributed by atoms with Crippen LogP contribution in [0, 0.1) is 13.8 Å². The summed E-state index contributed by atoms with van der Waals surface area (Å²) >= 11 is 0. The van der Waals surface area contributed by atoms with Crippen LogP contribution in [0.25, 0.3) is 0 Å². The van der Waals surface area contributed by atoms with Gasteiger partial charge in [-0.1, -0.05) is 54.1 Å². The van der Waals surface area contributed by atoms with Crippen molar-refractivity contribution >= 4 is 11.7 Å². The molecule has 2 aromatic carbocycles. The molecule has 2 N–H and O–H groups in total. The summed E-state index contributed by atoms with van der Waals surface area (Å²) in [6.45, 7) is 6.83. The van der Waals surface area contributed by atoms with Gasteiger partial charge in [0, 0.05) is 5.56 Å². The van der Waals surface area contributed by atoms with Crippen LogP contribution < -0.4 is 10.2 Å². The van der Waals surface area contributed by atoms with Gasteiger partial charge in [0.05, 0.1) is 13.1 Å². The second-order valence-corrected chi connectivity index (χ2v) is 7.16. The molecule has 0 heterocycles. The molecular weight excluding hydrogens is 324 g/mol. The van der Waals surface area contributed by atoms with Crippen molar-refractivity contribution in [2.45, 2.75) is 39.8 Å². The van der Waals surface area contributed by atoms with E-state index in [0.29, 0.717) is 13.0 Å². The van der Waals surface area contributed by atoms with E-state index in [-0.39, 0.29) is 11.7 Å². The number of benzene rings is 2. The Bertz CT molecular complexity index is 756. The number of amides is 1. The molecule has 0 aromatic heterocycles. The normalized spacial score (nSPS) is 13.1. The smallest absolute Gasteiger partial charge is 0.275 e. The van der Waals surface area contributed by atoms with E-state index < -0.39 is 6.04 Å². The molecule has 2 rings (SSSR count). The SMILES string of the molecule is CC(=O)[C@H](Cc1ccccc1)NC(=O)C[NH+](C)Cc1ccc(C)cc1C. The Balaban J connectivity index is 1.91. The predicted molar refractivity (Wildman–Crippen MR) is 104 cm³/mol. The fourth-order valence-electron chi connectivity index (χ4n) is 3.10. The minimum Gasteiger partial charge on any atom is -0.341 e. The molecule has 0 aliphatic heterocycles. The van der Waals surface area contributed by atoms with Crippen LogP contribution in [0.1, 0.15) is 29.2 Å². The summed E-state index contributed by atoms with van der Waals surface area (Å²) in [7, 11) is 2.00. The summed E-state index contributed by atoms with van der Waals surface area (Å²) in [5, 5.41) is 2.90. The van der Waals surface area contributed by atoms with Gasteiger partial charge >= 0.3 is 0 Å². The maximum Gasteiger partial charge on any atom is 0.275 e. The van der Waals surface area contributed by atoms with E-state index in [9.17, 15) is 9.59 Å². The van der Waals surface area contributed by atoms with Crippen molar-refractivity contribution < 1.29 is 14.5 Å². The standard InChI is InChI=1S/C22H28N2O2/c1-16-10-11-20(17(2)12-16)14-24(4)15-22(26)23-21(18(3)25)13-19-8-6-5-7-9-19/h5-12,21H,13-15H2,1-4H3,(H,23,26)/p+1/t21-/m0/s1. The minimum atomic E-state index is -0.473. The van der Waals surface area contributed by atoms with Gasteiger partial charge in [0.15, 0.2) is 12.3 Å². The summed E-state index contributed by atoms with van der Waals surface area (Å²) in [5.41, 5.74) is 4.78. The maximum atomic E-state index is 12.4. The molecule has 0 aliphatic carbocycles. The minimum absolute atomic E-state index is 0.0192. The van der Waals surface area contributed by atoms with Gasteiger partial charge < -0.3 is 10.2 Å². The Labute approximate surface area is 156 Å². The second kappa shape index (κ2) is 9.30. The van der Waals surface area contributed by atoms with Gasteiger partial charge in [0.25, 0.3) is 5.91 Å². The van der Waals surface area contributed by atoms with Crippen LogP contribution in [0.15, 0.2) is 48.5 Å². The number of likely N-dealkylation sites (N-methyl/N-ethyl adjacent to an activating group) is 1. The molecule has 4 nitrogen and oxygen atoms in total. The lowest BCUT2D eigenvalue weighted by atomic mass is 10.0. The molecule has 1 unspecified atom stereocenters. The Hall–Kier alpha value is -2.46. The van der Waals surface area contributed by atoms with E-state index in [0.717, 1.165) is 17.0 Å². The van der Waals surface area contributed by atoms with Crippen molar-refractivity contribution in [3.8, 4) is 0 Å². The van der Waals surface area contributed by atoms with Crippen LogP contribution >= 0.6 is 0 Å². The lowest BCUT2D eigenvalue weighted by Crippen LogP contribution is -3.09. The van der Waals surface area contributed by atoms with Gasteiger partial charge in [-0.05, 0) is 38.3 Å². The molecular formula is C22H29N2O2+. The molecule has 2 aromatic rings. The first kappa shape index (κ1) is 19.9. The first-order valence-electron chi connectivity index (χ1n) is 9.06. The fourth-order valence-corrected chi connectivity index (χ4v) is 3.10. The third-order valence-electron chi connectivity index (χ3n) is 4.56. The van der Waals surface area contributed by atoms with Crippen molar-refractivity contribution in [2.24, 2.45) is 0 Å². The molecule has 0 radical (unpaired) electrons. The highest BCUT2D eigenvalue weighted by Gasteiger charge is 2.20. The number of carbonyl (C=O) groups is 2. The van der Waals surface area contributed by atoms with Crippen molar-refractivity contribution in [1.82, 2.24) is 5.32 Å². The molecule has 1 amide bonds. The quantitative estimate of drug-likeness (QED) is 0.758. The zero-order chi connectivity index (χ0) is 19.1. The monoisotopic (exact) mass is 353 g/mol. The van der Waals surface area contributed by atoms with Crippen molar-refractivity contribution in [3.05, 3.63) is 70.8 Å². The maximum absolute atomic E-state index is 12.4. The number of rotatable bonds is 8. The summed E-state index contributed by atoms with van der Waals surface area (Å²) in [4.78, 5) is 25.4. The Morgan fingerprint density at radius 3 is 2.38 bits per heavy atom. The predicted octanol–water partition coefficient (Wildman–Crippen LogP) is 1.63. The largest absolute Gasteiger partial charge is 0.341 e. The number of Topliss-reactive ketones (excluding diaryl/α,β-unsaturated/α-hetero) is 1. The van der Waals surface area contributed by atoms with E-state index in [1.807, 2.05) is 37.4 Å². The van der Waals surface area contributed by atoms with E-state index >= 15 is 0 Å². The summed E-state index contributed by atoms with van der Waals surface area (Å²) < 4.78 is 0. The van der Waals surface area contributed by atoms with Crippen molar-refractivity contribution in [3.63, 3.8) is 0 Å². The molecule has 0 saturated carbocycles. The average molecular weight is 353 g/mol. The van der Waals surface area contributed by atoms with E-state index in [1.54, 1.807) is 0 Å². The topological polar surface area (TPSA) is 50.6 Å². The van der Waals surface area contributed by atoms with E-state index in [2.05, 4.69) is 37.4 Å². The van der Waals surface area contributed by atoms with Gasteiger partial charge in [-0.15, -0.1) is 0 Å². The Kier molecular flexibility index (Phi) is 7.10. The van der Waals surface area contributed by atoms with Crippen LogP contribution in [0.2, 0.25) is 0 Å². The van der Waals surface area contributed by atoms with Gasteiger partial charge in [-0.2, -0.15) is 0 Å². The first-order chi connectivity index (χ1) is 12.3. The molecule has 0 fully saturated rings. The number of hydrogen-bond donors (Lipinski definition) is 2. The van der Waals surface area contributed by atoms with Gasteiger partial charge in [-0.25, -0.2) is 0 Å². The molecule has 138 valence electrons. The third kappa shape index (κ3) is 6.12. The van der Waals surface area contributed by atoms with Gasteiger partial charge in [-0.3, -0.25) is 9.59 Å². The number of hydrogen-bond acceptors (Lipinski definition) is 2. The summed E-state index contributed by atoms with van der Waals surface area (Å²) in [6.07, 6.45) is 0.526. The lowest BCUT2D eigenvalue weighted by molar-refractivity contribution is -0.885. The van der Waals surface area contributed by atoms with E-state index in [4.69, 9.17) is 0 Å². The number of aryl methyl sites for hydroxylation is 2. The lowest BCUT2D eigenvalue weighted by Gasteiger charge is -2.19. The molecule has 0 bridgehead atoms. The molecule has 26 heavy (non-hydrogen) atoms. The Morgan fingerprint density at radius 2 is 1.77 bits per heavy atom. The molecule has 4 heteroatoms. The summed E-state index contributed by atoms with van der Waals surface area (Å²) in [6, 6.07) is 15.7. The first-order valence-corrected chi connectivity index (χ1v) is 9.06. The van der Waals surface area contributed by atoms with Crippen LogP contribution in [-0.4, -0.2) is 31.3 Å². The van der Waals surface area contributed by atoms with Crippen molar-refractivity contribution in [2.75, 3.05) is 13.6 Å².